The fraction of sp³-hybridized carbons (Fsp3) is 0.647. The molecule has 0 aromatic heterocycles. The van der Waals surface area contributed by atoms with Crippen molar-refractivity contribution in [2.24, 2.45) is 5.41 Å². The summed E-state index contributed by atoms with van der Waals surface area (Å²) in [7, 11) is 0. The van der Waals surface area contributed by atoms with Crippen LogP contribution in [0.25, 0.3) is 0 Å². The molecule has 2 fully saturated rings. The van der Waals surface area contributed by atoms with E-state index < -0.39 is 0 Å². The summed E-state index contributed by atoms with van der Waals surface area (Å²) in [6, 6.07) is 11.0. The van der Waals surface area contributed by atoms with Crippen LogP contribution in [0.4, 0.5) is 0 Å². The lowest BCUT2D eigenvalue weighted by Gasteiger charge is -2.44. The number of hydrogen-bond donors (Lipinski definition) is 1. The first kappa shape index (κ1) is 15.3. The van der Waals surface area contributed by atoms with E-state index >= 15 is 0 Å². The van der Waals surface area contributed by atoms with Crippen LogP contribution in [0.5, 0.6) is 0 Å². The van der Waals surface area contributed by atoms with Gasteiger partial charge in [-0.1, -0.05) is 43.1 Å². The van der Waals surface area contributed by atoms with Crippen LogP contribution in [0.15, 0.2) is 30.3 Å². The molecule has 0 saturated carbocycles. The van der Waals surface area contributed by atoms with E-state index in [4.69, 9.17) is 4.74 Å². The molecule has 3 nitrogen and oxygen atoms in total. The minimum absolute atomic E-state index is 0.401. The molecular formula is C17H26N2OS. The van der Waals surface area contributed by atoms with Crippen LogP contribution in [-0.4, -0.2) is 55.1 Å². The molecule has 3 rings (SSSR count). The van der Waals surface area contributed by atoms with Crippen LogP contribution in [0.2, 0.25) is 0 Å². The van der Waals surface area contributed by atoms with E-state index in [0.29, 0.717) is 5.41 Å². The van der Waals surface area contributed by atoms with E-state index in [1.807, 2.05) is 0 Å². The summed E-state index contributed by atoms with van der Waals surface area (Å²) < 4.78 is 7.66. The second-order valence-corrected chi connectivity index (χ2v) is 7.07. The summed E-state index contributed by atoms with van der Waals surface area (Å²) in [6.45, 7) is 7.34. The van der Waals surface area contributed by atoms with E-state index in [1.165, 1.54) is 31.4 Å². The maximum Gasteiger partial charge on any atom is 0.0594 e. The predicted molar refractivity (Wildman–Crippen MR) is 89.6 cm³/mol. The third-order valence-electron chi connectivity index (χ3n) is 4.89. The fourth-order valence-electron chi connectivity index (χ4n) is 3.62. The average molecular weight is 306 g/mol. The van der Waals surface area contributed by atoms with Crippen LogP contribution in [0.3, 0.4) is 0 Å². The van der Waals surface area contributed by atoms with E-state index in [1.54, 1.807) is 0 Å². The van der Waals surface area contributed by atoms with Crippen LogP contribution in [0.1, 0.15) is 18.4 Å². The smallest absolute Gasteiger partial charge is 0.0594 e. The van der Waals surface area contributed by atoms with Gasteiger partial charge in [-0.15, -0.1) is 0 Å². The van der Waals surface area contributed by atoms with E-state index in [0.717, 1.165) is 39.4 Å². The number of ether oxygens (including phenoxy) is 1. The summed E-state index contributed by atoms with van der Waals surface area (Å²) in [4.78, 5) is 2.60. The van der Waals surface area contributed by atoms with Crippen molar-refractivity contribution in [2.45, 2.75) is 19.3 Å². The molecule has 2 saturated heterocycles. The van der Waals surface area contributed by atoms with Gasteiger partial charge in [-0.3, -0.25) is 9.21 Å². The maximum atomic E-state index is 5.50. The van der Waals surface area contributed by atoms with Crippen LogP contribution in [0, 0.1) is 5.41 Å². The number of benzene rings is 1. The first-order valence-corrected chi connectivity index (χ1v) is 8.44. The summed E-state index contributed by atoms with van der Waals surface area (Å²) in [5.74, 6) is 0. The van der Waals surface area contributed by atoms with Crippen molar-refractivity contribution < 1.29 is 4.74 Å². The minimum Gasteiger partial charge on any atom is -0.379 e. The molecule has 2 aliphatic rings. The molecule has 0 spiro atoms. The van der Waals surface area contributed by atoms with Gasteiger partial charge in [0.15, 0.2) is 0 Å². The Morgan fingerprint density at radius 2 is 1.67 bits per heavy atom. The van der Waals surface area contributed by atoms with E-state index in [9.17, 15) is 0 Å². The molecule has 0 atom stereocenters. The summed E-state index contributed by atoms with van der Waals surface area (Å²) in [5, 5.41) is 0. The highest BCUT2D eigenvalue weighted by Gasteiger charge is 2.36. The molecule has 1 aromatic carbocycles. The van der Waals surface area contributed by atoms with Gasteiger partial charge < -0.3 is 4.74 Å². The molecule has 116 valence electrons. The Morgan fingerprint density at radius 3 is 2.33 bits per heavy atom. The zero-order valence-electron chi connectivity index (χ0n) is 12.7. The predicted octanol–water partition coefficient (Wildman–Crippen LogP) is 2.49. The Bertz CT molecular complexity index is 426. The van der Waals surface area contributed by atoms with Crippen LogP contribution >= 0.6 is 12.8 Å². The summed E-state index contributed by atoms with van der Waals surface area (Å²) in [5.41, 5.74) is 1.87. The third-order valence-corrected chi connectivity index (χ3v) is 5.29. The molecule has 4 heteroatoms. The lowest BCUT2D eigenvalue weighted by molar-refractivity contribution is 0.00501. The van der Waals surface area contributed by atoms with Crippen molar-refractivity contribution >= 4 is 12.8 Å². The van der Waals surface area contributed by atoms with Gasteiger partial charge in [0, 0.05) is 32.7 Å². The fourth-order valence-corrected chi connectivity index (χ4v) is 3.82. The Balaban J connectivity index is 1.71. The first-order valence-electron chi connectivity index (χ1n) is 8.04. The maximum absolute atomic E-state index is 5.50. The first-order chi connectivity index (χ1) is 10.3. The molecule has 0 amide bonds. The molecule has 0 bridgehead atoms. The number of piperidine rings is 1. The molecule has 2 aliphatic heterocycles. The largest absolute Gasteiger partial charge is 0.379 e. The normalized spacial score (nSPS) is 24.0. The molecular weight excluding hydrogens is 280 g/mol. The van der Waals surface area contributed by atoms with Gasteiger partial charge in [-0.25, -0.2) is 0 Å². The highest BCUT2D eigenvalue weighted by atomic mass is 32.1. The SMILES string of the molecule is SN1CCC(Cc2ccccc2)(CN2CCOCC2)CC1. The van der Waals surface area contributed by atoms with Crippen LogP contribution in [-0.2, 0) is 11.2 Å². The third kappa shape index (κ3) is 4.22. The molecule has 21 heavy (non-hydrogen) atoms. The Kier molecular flexibility index (Phi) is 5.22. The quantitative estimate of drug-likeness (QED) is 0.861. The number of rotatable bonds is 4. The van der Waals surface area contributed by atoms with Gasteiger partial charge in [0.25, 0.3) is 0 Å². The Labute approximate surface area is 133 Å². The van der Waals surface area contributed by atoms with Gasteiger partial charge in [-0.05, 0) is 30.2 Å². The highest BCUT2D eigenvalue weighted by molar-refractivity contribution is 7.77. The van der Waals surface area contributed by atoms with Gasteiger partial charge in [0.05, 0.1) is 13.2 Å². The average Bonchev–Trinajstić information content (AvgIpc) is 2.52. The molecule has 0 unspecified atom stereocenters. The van der Waals surface area contributed by atoms with Crippen molar-refractivity contribution in [2.75, 3.05) is 45.9 Å². The second kappa shape index (κ2) is 7.14. The lowest BCUT2D eigenvalue weighted by Crippen LogP contribution is -2.48. The molecule has 0 aliphatic carbocycles. The van der Waals surface area contributed by atoms with Crippen molar-refractivity contribution in [3.8, 4) is 0 Å². The monoisotopic (exact) mass is 306 g/mol. The molecule has 1 aromatic rings. The van der Waals surface area contributed by atoms with E-state index in [2.05, 4.69) is 52.4 Å². The van der Waals surface area contributed by atoms with Crippen molar-refractivity contribution in [1.29, 1.82) is 0 Å². The van der Waals surface area contributed by atoms with Crippen molar-refractivity contribution in [3.05, 3.63) is 35.9 Å². The Morgan fingerprint density at radius 1 is 1.00 bits per heavy atom. The molecule has 2 heterocycles. The number of nitrogens with zero attached hydrogens (tertiary/aromatic N) is 2. The minimum atomic E-state index is 0.401. The number of hydrogen-bond acceptors (Lipinski definition) is 4. The van der Waals surface area contributed by atoms with E-state index in [-0.39, 0.29) is 0 Å². The molecule has 0 radical (unpaired) electrons. The number of thiol groups is 1. The van der Waals surface area contributed by atoms with Crippen LogP contribution < -0.4 is 0 Å². The van der Waals surface area contributed by atoms with Gasteiger partial charge in [0.2, 0.25) is 0 Å². The van der Waals surface area contributed by atoms with Gasteiger partial charge >= 0.3 is 0 Å². The van der Waals surface area contributed by atoms with Gasteiger partial charge in [-0.2, -0.15) is 0 Å². The molecule has 0 N–H and O–H groups in total. The zero-order chi connectivity index (χ0) is 14.5. The topological polar surface area (TPSA) is 15.7 Å². The van der Waals surface area contributed by atoms with Gasteiger partial charge in [0.1, 0.15) is 0 Å². The lowest BCUT2D eigenvalue weighted by atomic mass is 9.73. The Hall–Kier alpha value is -0.550. The highest BCUT2D eigenvalue weighted by Crippen LogP contribution is 2.36. The second-order valence-electron chi connectivity index (χ2n) is 6.50. The summed E-state index contributed by atoms with van der Waals surface area (Å²) >= 11 is 4.53. The zero-order valence-corrected chi connectivity index (χ0v) is 13.6. The van der Waals surface area contributed by atoms with Crippen molar-refractivity contribution in [3.63, 3.8) is 0 Å². The summed E-state index contributed by atoms with van der Waals surface area (Å²) in [6.07, 6.45) is 3.66. The number of morpholine rings is 1. The van der Waals surface area contributed by atoms with Crippen molar-refractivity contribution in [1.82, 2.24) is 9.21 Å². The standard InChI is InChI=1S/C17H26N2OS/c21-19-8-6-17(7-9-19,14-16-4-2-1-3-5-16)15-18-10-12-20-13-11-18/h1-5,21H,6-15H2.